The van der Waals surface area contributed by atoms with Crippen LogP contribution in [0.5, 0.6) is 0 Å². The molecule has 0 aliphatic rings. The maximum absolute atomic E-state index is 13.5. The van der Waals surface area contributed by atoms with E-state index in [1.807, 2.05) is 56.5 Å². The fraction of sp³-hybridized carbons (Fsp3) is 0.414. The van der Waals surface area contributed by atoms with Crippen LogP contribution in [0, 0.1) is 10.1 Å². The summed E-state index contributed by atoms with van der Waals surface area (Å²) in [6.45, 7) is 11.3. The van der Waals surface area contributed by atoms with Crippen molar-refractivity contribution in [2.75, 3.05) is 0 Å². The van der Waals surface area contributed by atoms with Gasteiger partial charge >= 0.3 is 6.09 Å². The highest BCUT2D eigenvalue weighted by Gasteiger charge is 2.28. The number of carbonyl (C=O) groups is 2. The summed E-state index contributed by atoms with van der Waals surface area (Å²) in [5.74, 6) is -0.380. The van der Waals surface area contributed by atoms with Crippen LogP contribution in [0.4, 0.5) is 10.5 Å². The van der Waals surface area contributed by atoms with Crippen LogP contribution in [-0.4, -0.2) is 33.6 Å². The molecule has 2 N–H and O–H groups in total. The third-order valence-corrected chi connectivity index (χ3v) is 6.43. The molecule has 0 saturated carbocycles. The van der Waals surface area contributed by atoms with E-state index in [2.05, 4.69) is 15.6 Å². The van der Waals surface area contributed by atoms with E-state index in [1.54, 1.807) is 32.9 Å². The van der Waals surface area contributed by atoms with E-state index >= 15 is 0 Å². The fourth-order valence-corrected chi connectivity index (χ4v) is 4.57. The number of thiazole rings is 1. The first-order valence-corrected chi connectivity index (χ1v) is 13.9. The minimum atomic E-state index is -0.887. The quantitative estimate of drug-likeness (QED) is 0.228. The predicted octanol–water partition coefficient (Wildman–Crippen LogP) is 6.18. The maximum atomic E-state index is 13.5. The van der Waals surface area contributed by atoms with Gasteiger partial charge in [-0.1, -0.05) is 63.2 Å². The van der Waals surface area contributed by atoms with E-state index in [0.717, 1.165) is 28.2 Å². The van der Waals surface area contributed by atoms with Gasteiger partial charge in [0.15, 0.2) is 0 Å². The molecule has 10 heteroatoms. The summed E-state index contributed by atoms with van der Waals surface area (Å²) in [5.41, 5.74) is 1.89. The van der Waals surface area contributed by atoms with Gasteiger partial charge in [0.05, 0.1) is 16.7 Å². The lowest BCUT2D eigenvalue weighted by Crippen LogP contribution is -2.50. The number of nitrogens with one attached hydrogen (secondary N) is 2. The van der Waals surface area contributed by atoms with Crippen LogP contribution in [0.15, 0.2) is 60.0 Å². The number of rotatable bonds is 10. The first-order chi connectivity index (χ1) is 18.5. The Balaban J connectivity index is 0.00000260. The zero-order chi connectivity index (χ0) is 29.0. The molecule has 0 spiro atoms. The van der Waals surface area contributed by atoms with E-state index in [0.29, 0.717) is 6.42 Å². The number of carbonyl (C=O) groups excluding carboxylic acids is 2. The lowest BCUT2D eigenvalue weighted by molar-refractivity contribution is -0.384. The van der Waals surface area contributed by atoms with Crippen molar-refractivity contribution in [3.8, 4) is 0 Å². The van der Waals surface area contributed by atoms with Crippen LogP contribution in [0.25, 0.3) is 0 Å². The number of alkyl carbamates (subject to hydrolysis) is 1. The van der Waals surface area contributed by atoms with E-state index in [4.69, 9.17) is 4.74 Å². The van der Waals surface area contributed by atoms with E-state index in [1.165, 1.54) is 23.5 Å². The molecule has 9 nitrogen and oxygen atoms in total. The van der Waals surface area contributed by atoms with Crippen LogP contribution >= 0.6 is 11.3 Å². The Kier molecular flexibility index (Phi) is 12.1. The number of aromatic nitrogens is 1. The summed E-state index contributed by atoms with van der Waals surface area (Å²) in [6, 6.07) is 14.3. The number of benzene rings is 2. The molecule has 0 radical (unpaired) electrons. The lowest BCUT2D eigenvalue weighted by Gasteiger charge is -2.25. The van der Waals surface area contributed by atoms with E-state index in [-0.39, 0.29) is 18.0 Å². The molecule has 0 unspecified atom stereocenters. The first-order valence-electron chi connectivity index (χ1n) is 13.1. The third kappa shape index (κ3) is 10.5. The molecule has 0 saturated heterocycles. The molecule has 3 aromatic rings. The van der Waals surface area contributed by atoms with Gasteiger partial charge in [0.25, 0.3) is 5.69 Å². The number of nitro benzene ring substituents is 1. The molecule has 0 fully saturated rings. The molecule has 2 aromatic carbocycles. The first kappa shape index (κ1) is 31.4. The molecule has 0 bridgehead atoms. The average molecular weight is 555 g/mol. The van der Waals surface area contributed by atoms with Crippen molar-refractivity contribution in [1.82, 2.24) is 15.6 Å². The number of hydrogen-bond acceptors (Lipinski definition) is 7. The standard InChI is InChI=1S/C27H32N4O5S.C2H6/c1-5-20-17-37-25(28-20)23(16-19-11-13-21(14-12-19)31(34)35)29-24(32)22(15-18-9-7-6-8-10-18)30-26(33)36-27(2,3)4;1-2/h6-14,17,22-23H,5,15-16H2,1-4H3,(H,29,32)(H,30,33);1-2H3/t22-,23-;/m0./s1. The van der Waals surface area contributed by atoms with E-state index in [9.17, 15) is 19.7 Å². The lowest BCUT2D eigenvalue weighted by atomic mass is 10.0. The van der Waals surface area contributed by atoms with Crippen LogP contribution in [0.3, 0.4) is 0 Å². The third-order valence-electron chi connectivity index (χ3n) is 5.42. The molecule has 210 valence electrons. The zero-order valence-corrected chi connectivity index (χ0v) is 24.2. The Morgan fingerprint density at radius 3 is 2.15 bits per heavy atom. The number of nitrogens with zero attached hydrogens (tertiary/aromatic N) is 2. The van der Waals surface area contributed by atoms with Crippen LogP contribution in [0.2, 0.25) is 0 Å². The molecular weight excluding hydrogens is 516 g/mol. The van der Waals surface area contributed by atoms with Gasteiger partial charge < -0.3 is 15.4 Å². The minimum Gasteiger partial charge on any atom is -0.444 e. The minimum absolute atomic E-state index is 0.00339. The van der Waals surface area contributed by atoms with Gasteiger partial charge in [0.1, 0.15) is 16.7 Å². The topological polar surface area (TPSA) is 123 Å². The molecule has 3 rings (SSSR count). The Morgan fingerprint density at radius 1 is 1.00 bits per heavy atom. The largest absolute Gasteiger partial charge is 0.444 e. The van der Waals surface area contributed by atoms with Crippen molar-refractivity contribution < 1.29 is 19.2 Å². The summed E-state index contributed by atoms with van der Waals surface area (Å²) in [5, 5.41) is 19.5. The molecule has 2 atom stereocenters. The highest BCUT2D eigenvalue weighted by Crippen LogP contribution is 2.24. The molecular formula is C29H38N4O5S. The number of ether oxygens (including phenoxy) is 1. The number of non-ortho nitro benzene ring substituents is 1. The molecule has 39 heavy (non-hydrogen) atoms. The van der Waals surface area contributed by atoms with Gasteiger partial charge in [-0.25, -0.2) is 9.78 Å². The van der Waals surface area contributed by atoms with Crippen molar-refractivity contribution in [2.24, 2.45) is 0 Å². The Hall–Kier alpha value is -3.79. The van der Waals surface area contributed by atoms with Crippen molar-refractivity contribution in [2.45, 2.75) is 78.5 Å². The second kappa shape index (κ2) is 15.0. The predicted molar refractivity (Wildman–Crippen MR) is 154 cm³/mol. The van der Waals surface area contributed by atoms with Crippen molar-refractivity contribution >= 4 is 29.0 Å². The van der Waals surface area contributed by atoms with Gasteiger partial charge in [-0.15, -0.1) is 11.3 Å². The summed E-state index contributed by atoms with van der Waals surface area (Å²) in [6.07, 6.45) is 0.725. The second-order valence-electron chi connectivity index (χ2n) is 9.61. The number of amides is 2. The Bertz CT molecular complexity index is 1210. The van der Waals surface area contributed by atoms with Crippen molar-refractivity contribution in [3.05, 3.63) is 91.9 Å². The number of nitro groups is 1. The highest BCUT2D eigenvalue weighted by molar-refractivity contribution is 7.09. The Labute approximate surface area is 234 Å². The maximum Gasteiger partial charge on any atom is 0.408 e. The summed E-state index contributed by atoms with van der Waals surface area (Å²) < 4.78 is 5.39. The van der Waals surface area contributed by atoms with Gasteiger partial charge in [0, 0.05) is 23.9 Å². The smallest absolute Gasteiger partial charge is 0.408 e. The van der Waals surface area contributed by atoms with Crippen LogP contribution < -0.4 is 10.6 Å². The highest BCUT2D eigenvalue weighted by atomic mass is 32.1. The molecule has 0 aliphatic heterocycles. The monoisotopic (exact) mass is 554 g/mol. The van der Waals surface area contributed by atoms with Crippen molar-refractivity contribution in [1.29, 1.82) is 0 Å². The Morgan fingerprint density at radius 2 is 1.62 bits per heavy atom. The summed E-state index contributed by atoms with van der Waals surface area (Å²) >= 11 is 1.44. The van der Waals surface area contributed by atoms with Crippen LogP contribution in [-0.2, 0) is 28.8 Å². The van der Waals surface area contributed by atoms with Crippen LogP contribution in [0.1, 0.15) is 69.4 Å². The molecule has 0 aliphatic carbocycles. The molecule has 1 aromatic heterocycles. The van der Waals surface area contributed by atoms with Gasteiger partial charge in [0.2, 0.25) is 5.91 Å². The van der Waals surface area contributed by atoms with Gasteiger partial charge in [-0.05, 0) is 44.7 Å². The zero-order valence-electron chi connectivity index (χ0n) is 23.4. The number of aryl methyl sites for hydroxylation is 1. The molecule has 1 heterocycles. The SMILES string of the molecule is CC.CCc1csc([C@H](Cc2ccc([N+](=O)[O-])cc2)NC(=O)[C@H](Cc2ccccc2)NC(=O)OC(C)(C)C)n1. The average Bonchev–Trinajstić information content (AvgIpc) is 3.38. The summed E-state index contributed by atoms with van der Waals surface area (Å²) in [4.78, 5) is 41.4. The normalized spacial score (nSPS) is 12.4. The van der Waals surface area contributed by atoms with Crippen molar-refractivity contribution in [3.63, 3.8) is 0 Å². The number of hydrogen-bond donors (Lipinski definition) is 2. The molecule has 2 amide bonds. The summed E-state index contributed by atoms with van der Waals surface area (Å²) in [7, 11) is 0. The van der Waals surface area contributed by atoms with E-state index < -0.39 is 28.7 Å². The fourth-order valence-electron chi connectivity index (χ4n) is 3.62. The van der Waals surface area contributed by atoms with Gasteiger partial charge in [-0.3, -0.25) is 14.9 Å². The van der Waals surface area contributed by atoms with Gasteiger partial charge in [-0.2, -0.15) is 0 Å². The second-order valence-corrected chi connectivity index (χ2v) is 10.5.